The van der Waals surface area contributed by atoms with Crippen molar-refractivity contribution in [2.75, 3.05) is 67.6 Å². The normalized spacial score (nSPS) is 19.8. The average Bonchev–Trinajstić information content (AvgIpc) is 3.48. The standard InChI is InChI=1S/C45H51N9O4/c1-28-21-34-38(49(3)44(28)57)23-32(24-39(34)53-20-19-48(2)35-7-5-30(26-46)22-41(35)53)31-13-15-51(16-14-31)27-29-11-17-52(18-12-29)33-6-8-36-40(25-33)50(4)45(58)54(36)37-9-10-42(55)47-43(37)56/h5-8,21-25,29,31,37H,9-20,27H2,1-4H3,(H,47,55,56). The van der Waals surface area contributed by atoms with Gasteiger partial charge in [-0.2, -0.15) is 5.26 Å². The van der Waals surface area contributed by atoms with Gasteiger partial charge in [0, 0.05) is 76.9 Å². The SMILES string of the molecule is Cc1cc2c(N3CCN(C)c4ccc(C#N)cc43)cc(C3CCN(CC4CCN(c5ccc6c(c5)n(C)c(=O)n6C5CCC(=O)NC5=O)CC4)CC3)cc2n(C)c1=O. The van der Waals surface area contributed by atoms with E-state index < -0.39 is 11.9 Å². The van der Waals surface area contributed by atoms with Gasteiger partial charge in [-0.05, 0) is 124 Å². The summed E-state index contributed by atoms with van der Waals surface area (Å²) in [5, 5.41) is 13.2. The summed E-state index contributed by atoms with van der Waals surface area (Å²) in [5.74, 6) is 0.272. The molecule has 2 aromatic heterocycles. The van der Waals surface area contributed by atoms with Crippen LogP contribution in [0.1, 0.15) is 67.2 Å². The van der Waals surface area contributed by atoms with E-state index in [0.29, 0.717) is 29.3 Å². The van der Waals surface area contributed by atoms with E-state index in [-0.39, 0.29) is 23.6 Å². The number of nitrogens with one attached hydrogen (secondary N) is 1. The minimum Gasteiger partial charge on any atom is -0.371 e. The van der Waals surface area contributed by atoms with Crippen molar-refractivity contribution in [2.24, 2.45) is 20.0 Å². The molecule has 1 N–H and O–H groups in total. The highest BCUT2D eigenvalue weighted by molar-refractivity contribution is 6.00. The molecule has 300 valence electrons. The maximum atomic E-state index is 13.3. The number of nitrogens with zero attached hydrogens (tertiary/aromatic N) is 8. The van der Waals surface area contributed by atoms with Gasteiger partial charge >= 0.3 is 5.69 Å². The number of imide groups is 1. The minimum absolute atomic E-state index is 0.0250. The number of fused-ring (bicyclic) bond motifs is 3. The van der Waals surface area contributed by atoms with Crippen LogP contribution in [0.4, 0.5) is 22.7 Å². The Kier molecular flexibility index (Phi) is 9.63. The van der Waals surface area contributed by atoms with Crippen molar-refractivity contribution >= 4 is 56.5 Å². The van der Waals surface area contributed by atoms with Crippen molar-refractivity contribution in [2.45, 2.75) is 57.4 Å². The van der Waals surface area contributed by atoms with Crippen molar-refractivity contribution < 1.29 is 9.59 Å². The molecule has 4 aliphatic rings. The number of carbonyl (C=O) groups is 2. The Morgan fingerprint density at radius 2 is 1.52 bits per heavy atom. The molecule has 1 unspecified atom stereocenters. The molecule has 13 heteroatoms. The summed E-state index contributed by atoms with van der Waals surface area (Å²) in [6.07, 6.45) is 4.83. The van der Waals surface area contributed by atoms with E-state index in [0.717, 1.165) is 116 Å². The summed E-state index contributed by atoms with van der Waals surface area (Å²) in [6.45, 7) is 8.55. The smallest absolute Gasteiger partial charge is 0.329 e. The zero-order valence-corrected chi connectivity index (χ0v) is 33.8. The van der Waals surface area contributed by atoms with E-state index in [2.05, 4.69) is 62.3 Å². The number of pyridine rings is 1. The molecule has 4 aliphatic heterocycles. The van der Waals surface area contributed by atoms with Crippen molar-refractivity contribution in [1.29, 1.82) is 5.26 Å². The van der Waals surface area contributed by atoms with Gasteiger partial charge in [-0.3, -0.25) is 28.8 Å². The molecule has 13 nitrogen and oxygen atoms in total. The second-order valence-corrected chi connectivity index (χ2v) is 16.9. The van der Waals surface area contributed by atoms with Gasteiger partial charge in [-0.15, -0.1) is 0 Å². The van der Waals surface area contributed by atoms with Gasteiger partial charge in [0.05, 0.1) is 45.2 Å². The molecule has 2 amide bonds. The van der Waals surface area contributed by atoms with Crippen LogP contribution >= 0.6 is 0 Å². The van der Waals surface area contributed by atoms with Gasteiger partial charge < -0.3 is 24.2 Å². The zero-order chi connectivity index (χ0) is 40.4. The molecule has 0 saturated carbocycles. The number of carbonyl (C=O) groups excluding carboxylic acids is 2. The average molecular weight is 782 g/mol. The molecule has 3 aromatic carbocycles. The second-order valence-electron chi connectivity index (χ2n) is 16.9. The summed E-state index contributed by atoms with van der Waals surface area (Å²) in [7, 11) is 5.72. The van der Waals surface area contributed by atoms with Crippen LogP contribution < -0.4 is 31.3 Å². The summed E-state index contributed by atoms with van der Waals surface area (Å²) >= 11 is 0. The van der Waals surface area contributed by atoms with Gasteiger partial charge in [0.15, 0.2) is 0 Å². The Balaban J connectivity index is 0.880. The fourth-order valence-electron chi connectivity index (χ4n) is 10.0. The van der Waals surface area contributed by atoms with Gasteiger partial charge in [-0.1, -0.05) is 0 Å². The Morgan fingerprint density at radius 1 is 0.741 bits per heavy atom. The molecule has 0 radical (unpaired) electrons. The molecule has 0 spiro atoms. The number of anilines is 4. The van der Waals surface area contributed by atoms with Crippen molar-refractivity contribution in [1.82, 2.24) is 23.9 Å². The molecule has 3 fully saturated rings. The molecule has 6 heterocycles. The molecule has 0 bridgehead atoms. The van der Waals surface area contributed by atoms with E-state index in [4.69, 9.17) is 0 Å². The molecule has 1 atom stereocenters. The molecule has 58 heavy (non-hydrogen) atoms. The summed E-state index contributed by atoms with van der Waals surface area (Å²) in [5.41, 5.74) is 9.14. The number of amides is 2. The molecule has 0 aliphatic carbocycles. The number of aromatic nitrogens is 3. The highest BCUT2D eigenvalue weighted by Gasteiger charge is 2.32. The number of piperidine rings is 3. The highest BCUT2D eigenvalue weighted by atomic mass is 16.2. The van der Waals surface area contributed by atoms with Crippen LogP contribution in [0.5, 0.6) is 0 Å². The second kappa shape index (κ2) is 14.8. The van der Waals surface area contributed by atoms with Crippen LogP contribution in [0.15, 0.2) is 64.2 Å². The lowest BCUT2D eigenvalue weighted by Crippen LogP contribution is -2.44. The Morgan fingerprint density at radius 3 is 2.26 bits per heavy atom. The monoisotopic (exact) mass is 781 g/mol. The molecular formula is C45H51N9O4. The molecule has 5 aromatic rings. The lowest BCUT2D eigenvalue weighted by molar-refractivity contribution is -0.135. The van der Waals surface area contributed by atoms with Crippen LogP contribution in [0.2, 0.25) is 0 Å². The Labute approximate surface area is 337 Å². The van der Waals surface area contributed by atoms with Gasteiger partial charge in [0.2, 0.25) is 11.8 Å². The topological polar surface area (TPSA) is 132 Å². The largest absolute Gasteiger partial charge is 0.371 e. The van der Waals surface area contributed by atoms with Crippen LogP contribution in [0.3, 0.4) is 0 Å². The number of hydrogen-bond acceptors (Lipinski definition) is 9. The lowest BCUT2D eigenvalue weighted by Gasteiger charge is -2.39. The number of hydrogen-bond donors (Lipinski definition) is 1. The highest BCUT2D eigenvalue weighted by Crippen LogP contribution is 2.43. The van der Waals surface area contributed by atoms with Crippen LogP contribution in [-0.2, 0) is 23.7 Å². The van der Waals surface area contributed by atoms with Crippen molar-refractivity contribution in [3.8, 4) is 6.07 Å². The molecule has 9 rings (SSSR count). The molecular weight excluding hydrogens is 731 g/mol. The minimum atomic E-state index is -0.690. The number of benzene rings is 3. The fourth-order valence-corrected chi connectivity index (χ4v) is 10.0. The first kappa shape index (κ1) is 37.7. The number of nitriles is 1. The van der Waals surface area contributed by atoms with E-state index in [9.17, 15) is 24.4 Å². The van der Waals surface area contributed by atoms with Gasteiger partial charge in [-0.25, -0.2) is 4.79 Å². The maximum absolute atomic E-state index is 13.3. The van der Waals surface area contributed by atoms with E-state index >= 15 is 0 Å². The van der Waals surface area contributed by atoms with E-state index in [1.165, 1.54) is 10.1 Å². The predicted molar refractivity (Wildman–Crippen MR) is 227 cm³/mol. The van der Waals surface area contributed by atoms with Crippen LogP contribution in [0, 0.1) is 24.2 Å². The number of likely N-dealkylation sites (tertiary alicyclic amines) is 1. The summed E-state index contributed by atoms with van der Waals surface area (Å²) < 4.78 is 4.95. The Hall–Kier alpha value is -5.87. The summed E-state index contributed by atoms with van der Waals surface area (Å²) in [6, 6.07) is 20.3. The lowest BCUT2D eigenvalue weighted by atomic mass is 9.87. The first-order chi connectivity index (χ1) is 28.0. The predicted octanol–water partition coefficient (Wildman–Crippen LogP) is 5.03. The van der Waals surface area contributed by atoms with Crippen molar-refractivity contribution in [3.05, 3.63) is 92.1 Å². The third-order valence-electron chi connectivity index (χ3n) is 13.4. The number of rotatable bonds is 6. The first-order valence-corrected chi connectivity index (χ1v) is 20.7. The van der Waals surface area contributed by atoms with Crippen molar-refractivity contribution in [3.63, 3.8) is 0 Å². The molecule has 3 saturated heterocycles. The number of aryl methyl sites for hydroxylation is 3. The van der Waals surface area contributed by atoms with Gasteiger partial charge in [0.1, 0.15) is 6.04 Å². The maximum Gasteiger partial charge on any atom is 0.329 e. The van der Waals surface area contributed by atoms with Crippen LogP contribution in [-0.4, -0.2) is 83.3 Å². The van der Waals surface area contributed by atoms with Crippen LogP contribution in [0.25, 0.3) is 21.9 Å². The van der Waals surface area contributed by atoms with Gasteiger partial charge in [0.25, 0.3) is 5.56 Å². The number of likely N-dealkylation sites (N-methyl/N-ethyl adjacent to an activating group) is 1. The zero-order valence-electron chi connectivity index (χ0n) is 33.8. The number of imidazole rings is 1. The van der Waals surface area contributed by atoms with E-state index in [1.54, 1.807) is 16.2 Å². The fraction of sp³-hybridized carbons (Fsp3) is 0.444. The Bertz CT molecular complexity index is 2640. The summed E-state index contributed by atoms with van der Waals surface area (Å²) in [4.78, 5) is 60.6. The quantitative estimate of drug-likeness (QED) is 0.236. The third kappa shape index (κ3) is 6.53. The first-order valence-electron chi connectivity index (χ1n) is 20.7. The third-order valence-corrected chi connectivity index (χ3v) is 13.4. The van der Waals surface area contributed by atoms with E-state index in [1.807, 2.05) is 44.3 Å².